The highest BCUT2D eigenvalue weighted by molar-refractivity contribution is 5.97. The molecule has 1 saturated carbocycles. The van der Waals surface area contributed by atoms with E-state index in [1.54, 1.807) is 7.11 Å². The van der Waals surface area contributed by atoms with Crippen LogP contribution in [0.1, 0.15) is 37.8 Å². The van der Waals surface area contributed by atoms with Gasteiger partial charge in [-0.2, -0.15) is 0 Å². The first-order valence-corrected chi connectivity index (χ1v) is 11.7. The maximum Gasteiger partial charge on any atom is 0.225 e. The van der Waals surface area contributed by atoms with E-state index in [1.165, 1.54) is 0 Å². The number of carbonyl (C=O) groups is 1. The van der Waals surface area contributed by atoms with E-state index in [1.807, 2.05) is 23.4 Å². The van der Waals surface area contributed by atoms with Gasteiger partial charge in [0.15, 0.2) is 5.82 Å². The number of nitrogen functional groups attached to an aromatic ring is 1. The average molecular weight is 446 g/mol. The van der Waals surface area contributed by atoms with E-state index in [2.05, 4.69) is 41.1 Å². The van der Waals surface area contributed by atoms with Crippen LogP contribution in [0.25, 0.3) is 21.9 Å². The summed E-state index contributed by atoms with van der Waals surface area (Å²) in [7, 11) is 1.62. The molecular formula is C26H31N5O2. The number of piperazine rings is 1. The van der Waals surface area contributed by atoms with Crippen LogP contribution in [0.4, 0.5) is 11.5 Å². The number of hydrogen-bond acceptors (Lipinski definition) is 6. The quantitative estimate of drug-likeness (QED) is 0.621. The van der Waals surface area contributed by atoms with E-state index < -0.39 is 0 Å². The second-order valence-electron chi connectivity index (χ2n) is 9.14. The van der Waals surface area contributed by atoms with E-state index in [0.717, 1.165) is 59.3 Å². The van der Waals surface area contributed by atoms with Crippen LogP contribution in [0.15, 0.2) is 42.7 Å². The molecule has 172 valence electrons. The summed E-state index contributed by atoms with van der Waals surface area (Å²) in [5.41, 5.74) is 10.7. The number of methoxy groups -OCH3 is 1. The van der Waals surface area contributed by atoms with Gasteiger partial charge in [0, 0.05) is 62.0 Å². The maximum atomic E-state index is 12.5. The van der Waals surface area contributed by atoms with Crippen molar-refractivity contribution in [2.24, 2.45) is 0 Å². The number of nitrogens with two attached hydrogens (primary N) is 1. The molecule has 1 saturated heterocycles. The molecule has 1 aromatic carbocycles. The van der Waals surface area contributed by atoms with Gasteiger partial charge in [0.05, 0.1) is 24.4 Å². The van der Waals surface area contributed by atoms with Gasteiger partial charge in [-0.1, -0.05) is 18.2 Å². The second kappa shape index (κ2) is 8.98. The van der Waals surface area contributed by atoms with Gasteiger partial charge in [0.2, 0.25) is 5.91 Å². The minimum atomic E-state index is 0.0949. The fourth-order valence-electron chi connectivity index (χ4n) is 4.87. The van der Waals surface area contributed by atoms with Gasteiger partial charge in [-0.3, -0.25) is 9.78 Å². The summed E-state index contributed by atoms with van der Waals surface area (Å²) in [6.07, 6.45) is 6.48. The zero-order valence-electron chi connectivity index (χ0n) is 19.3. The third-order valence-corrected chi connectivity index (χ3v) is 6.77. The smallest absolute Gasteiger partial charge is 0.225 e. The lowest BCUT2D eigenvalue weighted by Gasteiger charge is -2.41. The SMILES string of the molecule is COCCC(=O)N1CCN(c2nc(C3CC3)c(-c3cccc4ccncc34)cc2N)C[C@H]1C. The number of carbonyl (C=O) groups excluding carboxylic acids is 1. The van der Waals surface area contributed by atoms with E-state index in [4.69, 9.17) is 15.5 Å². The van der Waals surface area contributed by atoms with E-state index >= 15 is 0 Å². The van der Waals surface area contributed by atoms with Gasteiger partial charge in [-0.15, -0.1) is 0 Å². The number of rotatable bonds is 6. The van der Waals surface area contributed by atoms with E-state index in [9.17, 15) is 4.79 Å². The molecule has 0 spiro atoms. The molecule has 1 aliphatic carbocycles. The van der Waals surface area contributed by atoms with Crippen LogP contribution >= 0.6 is 0 Å². The first-order valence-electron chi connectivity index (χ1n) is 11.7. The van der Waals surface area contributed by atoms with Crippen LogP contribution in [0, 0.1) is 0 Å². The molecule has 2 N–H and O–H groups in total. The standard InChI is InChI=1S/C26H31N5O2/c1-17-16-30(11-12-31(17)24(32)9-13-33-2)26-23(27)14-21(25(29-26)19-6-7-19)20-5-3-4-18-8-10-28-15-22(18)20/h3-5,8,10,14-15,17,19H,6-7,9,11-13,16,27H2,1-2H3/t17-/m1/s1. The van der Waals surface area contributed by atoms with Crippen LogP contribution < -0.4 is 10.6 Å². The summed E-state index contributed by atoms with van der Waals surface area (Å²) in [6.45, 7) is 4.66. The summed E-state index contributed by atoms with van der Waals surface area (Å²) in [5, 5.41) is 2.28. The van der Waals surface area contributed by atoms with Crippen molar-refractivity contribution in [3.63, 3.8) is 0 Å². The predicted octanol–water partition coefficient (Wildman–Crippen LogP) is 3.83. The Hall–Kier alpha value is -3.19. The summed E-state index contributed by atoms with van der Waals surface area (Å²) >= 11 is 0. The fraction of sp³-hybridized carbons (Fsp3) is 0.423. The van der Waals surface area contributed by atoms with E-state index in [0.29, 0.717) is 31.2 Å². The molecule has 0 radical (unpaired) electrons. The first-order chi connectivity index (χ1) is 16.1. The molecule has 3 heterocycles. The van der Waals surface area contributed by atoms with Crippen molar-refractivity contribution in [2.75, 3.05) is 44.0 Å². The van der Waals surface area contributed by atoms with Crippen molar-refractivity contribution in [3.05, 3.63) is 48.4 Å². The van der Waals surface area contributed by atoms with Gasteiger partial charge in [0.1, 0.15) is 0 Å². The molecule has 2 aromatic heterocycles. The monoisotopic (exact) mass is 445 g/mol. The molecule has 2 aliphatic rings. The number of hydrogen-bond donors (Lipinski definition) is 1. The van der Waals surface area contributed by atoms with Crippen LogP contribution in [0.3, 0.4) is 0 Å². The van der Waals surface area contributed by atoms with Crippen LogP contribution in [0.2, 0.25) is 0 Å². The minimum Gasteiger partial charge on any atom is -0.396 e. The molecule has 1 atom stereocenters. The van der Waals surface area contributed by atoms with Gasteiger partial charge >= 0.3 is 0 Å². The van der Waals surface area contributed by atoms with Gasteiger partial charge in [-0.25, -0.2) is 4.98 Å². The number of nitrogens with zero attached hydrogens (tertiary/aromatic N) is 4. The molecule has 5 rings (SSSR count). The zero-order chi connectivity index (χ0) is 22.9. The highest BCUT2D eigenvalue weighted by Gasteiger charge is 2.32. The van der Waals surface area contributed by atoms with Gasteiger partial charge in [-0.05, 0) is 42.8 Å². The maximum absolute atomic E-state index is 12.5. The van der Waals surface area contributed by atoms with Crippen LogP contribution in [-0.2, 0) is 9.53 Å². The van der Waals surface area contributed by atoms with E-state index in [-0.39, 0.29) is 11.9 Å². The second-order valence-corrected chi connectivity index (χ2v) is 9.14. The molecule has 0 bridgehead atoms. The summed E-state index contributed by atoms with van der Waals surface area (Å²) in [6, 6.07) is 10.6. The lowest BCUT2D eigenvalue weighted by Crippen LogP contribution is -2.54. The van der Waals surface area contributed by atoms with Crippen molar-refractivity contribution >= 4 is 28.2 Å². The Bertz CT molecular complexity index is 1170. The first kappa shape index (κ1) is 21.6. The lowest BCUT2D eigenvalue weighted by atomic mass is 9.96. The van der Waals surface area contributed by atoms with Crippen molar-refractivity contribution in [2.45, 2.75) is 38.1 Å². The Morgan fingerprint density at radius 2 is 2.06 bits per heavy atom. The highest BCUT2D eigenvalue weighted by atomic mass is 16.5. The average Bonchev–Trinajstić information content (AvgIpc) is 3.67. The topological polar surface area (TPSA) is 84.6 Å². The molecule has 0 unspecified atom stereocenters. The molecule has 7 nitrogen and oxygen atoms in total. The number of ether oxygens (including phenoxy) is 1. The Morgan fingerprint density at radius 1 is 1.21 bits per heavy atom. The Balaban J connectivity index is 1.46. The number of aromatic nitrogens is 2. The lowest BCUT2D eigenvalue weighted by molar-refractivity contribution is -0.134. The number of amides is 1. The van der Waals surface area contributed by atoms with Crippen LogP contribution in [-0.4, -0.2) is 60.2 Å². The largest absolute Gasteiger partial charge is 0.396 e. The molecule has 1 amide bonds. The summed E-state index contributed by atoms with van der Waals surface area (Å²) in [5.74, 6) is 1.46. The number of fused-ring (bicyclic) bond motifs is 1. The molecule has 3 aromatic rings. The fourth-order valence-corrected chi connectivity index (χ4v) is 4.87. The van der Waals surface area contributed by atoms with Gasteiger partial charge in [0.25, 0.3) is 0 Å². The number of benzene rings is 1. The van der Waals surface area contributed by atoms with Crippen molar-refractivity contribution in [1.29, 1.82) is 0 Å². The Kier molecular flexibility index (Phi) is 5.89. The third-order valence-electron chi connectivity index (χ3n) is 6.77. The predicted molar refractivity (Wildman–Crippen MR) is 131 cm³/mol. The molecular weight excluding hydrogens is 414 g/mol. The molecule has 2 fully saturated rings. The highest BCUT2D eigenvalue weighted by Crippen LogP contribution is 2.46. The van der Waals surface area contributed by atoms with Crippen molar-refractivity contribution in [1.82, 2.24) is 14.9 Å². The minimum absolute atomic E-state index is 0.0949. The summed E-state index contributed by atoms with van der Waals surface area (Å²) in [4.78, 5) is 26.2. The normalized spacial score (nSPS) is 18.7. The molecule has 7 heteroatoms. The molecule has 1 aliphatic heterocycles. The summed E-state index contributed by atoms with van der Waals surface area (Å²) < 4.78 is 5.07. The third kappa shape index (κ3) is 4.25. The molecule has 33 heavy (non-hydrogen) atoms. The van der Waals surface area contributed by atoms with Crippen molar-refractivity contribution in [3.8, 4) is 11.1 Å². The van der Waals surface area contributed by atoms with Crippen LogP contribution in [0.5, 0.6) is 0 Å². The van der Waals surface area contributed by atoms with Crippen molar-refractivity contribution < 1.29 is 9.53 Å². The number of anilines is 2. The van der Waals surface area contributed by atoms with Gasteiger partial charge < -0.3 is 20.3 Å². The number of pyridine rings is 2. The Labute approximate surface area is 194 Å². The zero-order valence-corrected chi connectivity index (χ0v) is 19.3. The Morgan fingerprint density at radius 3 is 2.82 bits per heavy atom.